The third kappa shape index (κ3) is 5.35. The van der Waals surface area contributed by atoms with Crippen molar-refractivity contribution in [3.05, 3.63) is 42.6 Å². The van der Waals surface area contributed by atoms with Gasteiger partial charge in [-0.25, -0.2) is 14.8 Å². The number of benzene rings is 1. The van der Waals surface area contributed by atoms with Gasteiger partial charge in [-0.1, -0.05) is 0 Å². The van der Waals surface area contributed by atoms with Crippen LogP contribution in [-0.4, -0.2) is 75.4 Å². The largest absolute Gasteiger partial charge is 0.467 e. The molecule has 1 aliphatic heterocycles. The van der Waals surface area contributed by atoms with Crippen LogP contribution in [0.25, 0.3) is 33.2 Å². The van der Waals surface area contributed by atoms with Crippen LogP contribution in [0.3, 0.4) is 0 Å². The molecule has 3 aromatic heterocycles. The Kier molecular flexibility index (Phi) is 7.43. The number of likely N-dealkylation sites (tertiary alicyclic amines) is 1. The van der Waals surface area contributed by atoms with E-state index in [4.69, 9.17) is 24.2 Å². The Bertz CT molecular complexity index is 1610. The van der Waals surface area contributed by atoms with Gasteiger partial charge in [0.2, 0.25) is 0 Å². The van der Waals surface area contributed by atoms with Crippen molar-refractivity contribution in [1.82, 2.24) is 24.6 Å². The maximum atomic E-state index is 12.9. The van der Waals surface area contributed by atoms with Crippen LogP contribution in [0, 0.1) is 5.92 Å². The molecule has 1 amide bonds. The molecule has 0 radical (unpaired) electrons. The third-order valence-corrected chi connectivity index (χ3v) is 8.37. The Morgan fingerprint density at radius 2 is 1.83 bits per heavy atom. The first-order valence-electron chi connectivity index (χ1n) is 14.8. The topological polar surface area (TPSA) is 94.8 Å². The summed E-state index contributed by atoms with van der Waals surface area (Å²) in [5, 5.41) is 5.53. The summed E-state index contributed by atoms with van der Waals surface area (Å²) in [6.45, 7) is 9.67. The van der Waals surface area contributed by atoms with Crippen molar-refractivity contribution in [2.75, 3.05) is 31.9 Å². The van der Waals surface area contributed by atoms with E-state index in [1.165, 1.54) is 0 Å². The Morgan fingerprint density at radius 3 is 2.60 bits per heavy atom. The van der Waals surface area contributed by atoms with Gasteiger partial charge in [-0.2, -0.15) is 5.10 Å². The number of fused-ring (bicyclic) bond motifs is 3. The minimum absolute atomic E-state index is 0.134. The number of carbonyl (C=O) groups is 1. The van der Waals surface area contributed by atoms with Crippen molar-refractivity contribution in [3.63, 3.8) is 0 Å². The van der Waals surface area contributed by atoms with Gasteiger partial charge in [-0.3, -0.25) is 4.68 Å². The number of methoxy groups -OCH3 is 1. The SMILES string of the molecule is CCN(c1ccc2nc(-c3cc4cn(C)nc4cc3OCOC)ccc2n1)C1CCC2C1CCN2C(=O)OC(C)(C)C. The second-order valence-corrected chi connectivity index (χ2v) is 12.3. The summed E-state index contributed by atoms with van der Waals surface area (Å²) in [5.74, 6) is 2.02. The Balaban J connectivity index is 1.26. The molecule has 1 saturated carbocycles. The molecule has 42 heavy (non-hydrogen) atoms. The number of ether oxygens (including phenoxy) is 3. The summed E-state index contributed by atoms with van der Waals surface area (Å²) in [5.41, 5.74) is 3.69. The summed E-state index contributed by atoms with van der Waals surface area (Å²) in [4.78, 5) is 27.3. The van der Waals surface area contributed by atoms with E-state index in [0.29, 0.717) is 17.7 Å². The number of carbonyl (C=O) groups excluding carboxylic acids is 1. The molecule has 10 nitrogen and oxygen atoms in total. The normalized spacial score (nSPS) is 20.3. The van der Waals surface area contributed by atoms with Gasteiger partial charge < -0.3 is 24.0 Å². The van der Waals surface area contributed by atoms with Crippen molar-refractivity contribution in [3.8, 4) is 17.0 Å². The van der Waals surface area contributed by atoms with E-state index in [2.05, 4.69) is 35.1 Å². The molecule has 0 N–H and O–H groups in total. The molecular weight excluding hydrogens is 532 g/mol. The number of hydrogen-bond acceptors (Lipinski definition) is 8. The molecule has 3 atom stereocenters. The van der Waals surface area contributed by atoms with Gasteiger partial charge >= 0.3 is 6.09 Å². The van der Waals surface area contributed by atoms with Gasteiger partial charge in [-0.05, 0) is 77.3 Å². The van der Waals surface area contributed by atoms with Crippen LogP contribution in [-0.2, 0) is 16.5 Å². The lowest BCUT2D eigenvalue weighted by atomic mass is 9.98. The number of rotatable bonds is 7. The van der Waals surface area contributed by atoms with Gasteiger partial charge in [0.25, 0.3) is 0 Å². The molecule has 4 aromatic rings. The molecule has 222 valence electrons. The van der Waals surface area contributed by atoms with Crippen molar-refractivity contribution < 1.29 is 19.0 Å². The van der Waals surface area contributed by atoms with Gasteiger partial charge in [0.15, 0.2) is 6.79 Å². The van der Waals surface area contributed by atoms with Crippen molar-refractivity contribution in [2.45, 2.75) is 64.6 Å². The smallest absolute Gasteiger partial charge is 0.410 e. The average Bonchev–Trinajstić information content (AvgIpc) is 3.65. The maximum Gasteiger partial charge on any atom is 0.410 e. The molecule has 10 heteroatoms. The Labute approximate surface area is 246 Å². The van der Waals surface area contributed by atoms with Crippen molar-refractivity contribution in [1.29, 1.82) is 0 Å². The van der Waals surface area contributed by atoms with Gasteiger partial charge in [0, 0.05) is 68.5 Å². The first-order valence-corrected chi connectivity index (χ1v) is 14.8. The lowest BCUT2D eigenvalue weighted by molar-refractivity contribution is 0.0217. The summed E-state index contributed by atoms with van der Waals surface area (Å²) in [6.07, 6.45) is 4.79. The number of anilines is 1. The molecule has 0 bridgehead atoms. The first kappa shape index (κ1) is 28.2. The van der Waals surface area contributed by atoms with Crippen LogP contribution in [0.5, 0.6) is 5.75 Å². The fourth-order valence-electron chi connectivity index (χ4n) is 6.68. The predicted octanol–water partition coefficient (Wildman–Crippen LogP) is 5.78. The highest BCUT2D eigenvalue weighted by atomic mass is 16.7. The molecule has 1 aromatic carbocycles. The number of hydrogen-bond donors (Lipinski definition) is 0. The molecular formula is C32H40N6O4. The average molecular weight is 573 g/mol. The highest BCUT2D eigenvalue weighted by molar-refractivity contribution is 5.89. The van der Waals surface area contributed by atoms with E-state index < -0.39 is 5.60 Å². The van der Waals surface area contributed by atoms with E-state index in [9.17, 15) is 4.79 Å². The van der Waals surface area contributed by atoms with Crippen LogP contribution < -0.4 is 9.64 Å². The highest BCUT2D eigenvalue weighted by Gasteiger charge is 2.48. The molecule has 1 saturated heterocycles. The van der Waals surface area contributed by atoms with Crippen LogP contribution >= 0.6 is 0 Å². The van der Waals surface area contributed by atoms with Gasteiger partial charge in [0.05, 0.1) is 22.2 Å². The summed E-state index contributed by atoms with van der Waals surface area (Å²) in [6, 6.07) is 12.7. The minimum atomic E-state index is -0.491. The zero-order valence-corrected chi connectivity index (χ0v) is 25.3. The summed E-state index contributed by atoms with van der Waals surface area (Å²) >= 11 is 0. The van der Waals surface area contributed by atoms with Crippen molar-refractivity contribution >= 4 is 33.8 Å². The Hall–Kier alpha value is -3.92. The molecule has 2 fully saturated rings. The minimum Gasteiger partial charge on any atom is -0.467 e. The van der Waals surface area contributed by atoms with Crippen LogP contribution in [0.15, 0.2) is 42.6 Å². The second kappa shape index (κ2) is 11.1. The molecule has 1 aliphatic carbocycles. The number of amides is 1. The highest BCUT2D eigenvalue weighted by Crippen LogP contribution is 2.42. The summed E-state index contributed by atoms with van der Waals surface area (Å²) in [7, 11) is 3.51. The van der Waals surface area contributed by atoms with Gasteiger partial charge in [-0.15, -0.1) is 0 Å². The fourth-order valence-corrected chi connectivity index (χ4v) is 6.68. The maximum absolute atomic E-state index is 12.9. The quantitative estimate of drug-likeness (QED) is 0.257. The lowest BCUT2D eigenvalue weighted by Gasteiger charge is -2.33. The van der Waals surface area contributed by atoms with Crippen LogP contribution in [0.1, 0.15) is 47.0 Å². The van der Waals surface area contributed by atoms with Crippen LogP contribution in [0.4, 0.5) is 10.6 Å². The monoisotopic (exact) mass is 572 g/mol. The number of aromatic nitrogens is 4. The van der Waals surface area contributed by atoms with E-state index in [0.717, 1.165) is 71.4 Å². The van der Waals surface area contributed by atoms with E-state index in [-0.39, 0.29) is 18.9 Å². The van der Waals surface area contributed by atoms with E-state index in [1.807, 2.05) is 57.1 Å². The number of pyridine rings is 2. The standard InChI is InChI=1S/C32H40N6O4/c1-7-37(27-11-12-28-21(27)14-15-38(28)31(39)42-32(2,3)4)30-13-10-24-25(34-30)9-8-23(33-24)22-16-20-18-36(5)35-26(20)17-29(22)41-19-40-6/h8-10,13,16-18,21,27-28H,7,11-12,14-15,19H2,1-6H3. The van der Waals surface area contributed by atoms with Gasteiger partial charge in [0.1, 0.15) is 17.2 Å². The lowest BCUT2D eigenvalue weighted by Crippen LogP contribution is -2.43. The first-order chi connectivity index (χ1) is 20.1. The number of nitrogens with zero attached hydrogens (tertiary/aromatic N) is 6. The molecule has 6 rings (SSSR count). The zero-order chi connectivity index (χ0) is 29.6. The van der Waals surface area contributed by atoms with Crippen LogP contribution in [0.2, 0.25) is 0 Å². The number of aryl methyl sites for hydroxylation is 1. The second-order valence-electron chi connectivity index (χ2n) is 12.3. The van der Waals surface area contributed by atoms with E-state index >= 15 is 0 Å². The molecule has 2 aliphatic rings. The predicted molar refractivity (Wildman–Crippen MR) is 163 cm³/mol. The van der Waals surface area contributed by atoms with E-state index in [1.54, 1.807) is 11.8 Å². The van der Waals surface area contributed by atoms with Crippen molar-refractivity contribution in [2.24, 2.45) is 13.0 Å². The molecule has 4 heterocycles. The fraction of sp³-hybridized carbons (Fsp3) is 0.500. The zero-order valence-electron chi connectivity index (χ0n) is 25.3. The summed E-state index contributed by atoms with van der Waals surface area (Å²) < 4.78 is 18.6. The molecule has 0 spiro atoms. The third-order valence-electron chi connectivity index (χ3n) is 8.37. The Morgan fingerprint density at radius 1 is 1.05 bits per heavy atom. The molecule has 3 unspecified atom stereocenters.